The summed E-state index contributed by atoms with van der Waals surface area (Å²) in [6.45, 7) is 5.94. The molecule has 36 heavy (non-hydrogen) atoms. The summed E-state index contributed by atoms with van der Waals surface area (Å²) in [7, 11) is 0. The third-order valence-electron chi connectivity index (χ3n) is 5.82. The fourth-order valence-corrected chi connectivity index (χ4v) is 4.72. The molecule has 0 atom stereocenters. The van der Waals surface area contributed by atoms with Crippen LogP contribution in [0, 0.1) is 13.8 Å². The van der Waals surface area contributed by atoms with Crippen LogP contribution in [0.3, 0.4) is 0 Å². The molecule has 1 fully saturated rings. The zero-order valence-corrected chi connectivity index (χ0v) is 22.4. The molecule has 0 spiro atoms. The van der Waals surface area contributed by atoms with Crippen LogP contribution in [0.4, 0.5) is 10.5 Å². The summed E-state index contributed by atoms with van der Waals surface area (Å²) >= 11 is 10.2. The van der Waals surface area contributed by atoms with Gasteiger partial charge in [-0.15, -0.1) is 0 Å². The monoisotopic (exact) mass is 566 g/mol. The SMILES string of the molecule is CCOc1cc(/C=C2\C(=O)NC(=O)N(c3cc(C)ccc3C)C2=O)cc(Cl)c1Cc1ccccc1Br. The van der Waals surface area contributed by atoms with Crippen molar-refractivity contribution in [3.63, 3.8) is 0 Å². The normalized spacial score (nSPS) is 14.9. The lowest BCUT2D eigenvalue weighted by molar-refractivity contribution is -0.122. The molecule has 0 saturated carbocycles. The highest BCUT2D eigenvalue weighted by Crippen LogP contribution is 2.34. The number of carbonyl (C=O) groups excluding carboxylic acids is 3. The van der Waals surface area contributed by atoms with Crippen LogP contribution >= 0.6 is 27.5 Å². The molecule has 6 nitrogen and oxygen atoms in total. The number of nitrogens with one attached hydrogen (secondary N) is 1. The molecule has 0 aliphatic carbocycles. The number of rotatable bonds is 6. The Kier molecular flexibility index (Phi) is 7.62. The molecule has 1 aliphatic heterocycles. The summed E-state index contributed by atoms with van der Waals surface area (Å²) < 4.78 is 6.82. The number of halogens is 2. The minimum Gasteiger partial charge on any atom is -0.494 e. The largest absolute Gasteiger partial charge is 0.494 e. The van der Waals surface area contributed by atoms with Crippen LogP contribution in [0.2, 0.25) is 5.02 Å². The van der Waals surface area contributed by atoms with E-state index >= 15 is 0 Å². The Balaban J connectivity index is 1.75. The molecule has 0 unspecified atom stereocenters. The maximum atomic E-state index is 13.4. The number of aryl methyl sites for hydroxylation is 2. The fraction of sp³-hybridized carbons (Fsp3) is 0.179. The molecule has 1 saturated heterocycles. The van der Waals surface area contributed by atoms with Crippen LogP contribution in [0.5, 0.6) is 5.75 Å². The van der Waals surface area contributed by atoms with Gasteiger partial charge in [-0.3, -0.25) is 14.9 Å². The summed E-state index contributed by atoms with van der Waals surface area (Å²) in [4.78, 5) is 39.6. The van der Waals surface area contributed by atoms with Crippen molar-refractivity contribution >= 4 is 57.1 Å². The van der Waals surface area contributed by atoms with Crippen molar-refractivity contribution in [2.45, 2.75) is 27.2 Å². The zero-order chi connectivity index (χ0) is 26.0. The van der Waals surface area contributed by atoms with Crippen LogP contribution in [-0.2, 0) is 16.0 Å². The number of urea groups is 1. The first-order chi connectivity index (χ1) is 17.2. The molecule has 8 heteroatoms. The highest BCUT2D eigenvalue weighted by molar-refractivity contribution is 9.10. The molecule has 1 heterocycles. The van der Waals surface area contributed by atoms with E-state index in [0.29, 0.717) is 35.1 Å². The van der Waals surface area contributed by atoms with Crippen LogP contribution < -0.4 is 15.0 Å². The van der Waals surface area contributed by atoms with Gasteiger partial charge < -0.3 is 4.74 Å². The standard InChI is InChI=1S/C28H24BrClN2O4/c1-4-36-25-14-18(13-23(30)20(25)15-19-7-5-6-8-22(19)29)12-21-26(33)31-28(35)32(27(21)34)24-11-16(2)9-10-17(24)3/h5-14H,4,15H2,1-3H3,(H,31,33,35)/b21-12+. The molecule has 3 aromatic rings. The number of ether oxygens (including phenoxy) is 1. The Morgan fingerprint density at radius 2 is 1.81 bits per heavy atom. The van der Waals surface area contributed by atoms with Gasteiger partial charge in [0.15, 0.2) is 0 Å². The molecule has 3 aromatic carbocycles. The summed E-state index contributed by atoms with van der Waals surface area (Å²) in [5, 5.41) is 2.71. The van der Waals surface area contributed by atoms with E-state index in [1.165, 1.54) is 6.08 Å². The Morgan fingerprint density at radius 3 is 2.53 bits per heavy atom. The number of hydrogen-bond acceptors (Lipinski definition) is 4. The van der Waals surface area contributed by atoms with Crippen LogP contribution in [0.25, 0.3) is 6.08 Å². The van der Waals surface area contributed by atoms with Gasteiger partial charge in [0.1, 0.15) is 11.3 Å². The molecule has 0 aromatic heterocycles. The van der Waals surface area contributed by atoms with Crippen molar-refractivity contribution in [1.29, 1.82) is 0 Å². The number of anilines is 1. The Hall–Kier alpha value is -3.42. The van der Waals surface area contributed by atoms with Crippen LogP contribution in [0.15, 0.2) is 64.6 Å². The second-order valence-electron chi connectivity index (χ2n) is 8.43. The number of barbiturate groups is 1. The maximum absolute atomic E-state index is 13.4. The minimum atomic E-state index is -0.785. The van der Waals surface area contributed by atoms with E-state index < -0.39 is 17.8 Å². The van der Waals surface area contributed by atoms with Crippen molar-refractivity contribution in [3.8, 4) is 5.75 Å². The Bertz CT molecular complexity index is 1420. The first kappa shape index (κ1) is 25.7. The van der Waals surface area contributed by atoms with E-state index in [2.05, 4.69) is 21.2 Å². The molecule has 0 bridgehead atoms. The highest BCUT2D eigenvalue weighted by atomic mass is 79.9. The van der Waals surface area contributed by atoms with Gasteiger partial charge in [-0.25, -0.2) is 9.69 Å². The quantitative estimate of drug-likeness (QED) is 0.277. The first-order valence-electron chi connectivity index (χ1n) is 11.4. The van der Waals surface area contributed by atoms with Crippen molar-refractivity contribution in [3.05, 3.63) is 97.5 Å². The molecular weight excluding hydrogens is 544 g/mol. The molecule has 184 valence electrons. The molecule has 4 amide bonds. The number of benzene rings is 3. The van der Waals surface area contributed by atoms with E-state index in [-0.39, 0.29) is 5.57 Å². The summed E-state index contributed by atoms with van der Waals surface area (Å²) in [5.41, 5.74) is 4.20. The van der Waals surface area contributed by atoms with Crippen molar-refractivity contribution in [1.82, 2.24) is 5.32 Å². The molecular formula is C28H24BrClN2O4. The average molecular weight is 568 g/mol. The number of nitrogens with zero attached hydrogens (tertiary/aromatic N) is 1. The van der Waals surface area contributed by atoms with Gasteiger partial charge in [-0.05, 0) is 73.4 Å². The summed E-state index contributed by atoms with van der Waals surface area (Å²) in [5.74, 6) is -0.916. The highest BCUT2D eigenvalue weighted by Gasteiger charge is 2.37. The molecule has 1 aliphatic rings. The number of amides is 4. The average Bonchev–Trinajstić information content (AvgIpc) is 2.82. The third kappa shape index (κ3) is 5.22. The Morgan fingerprint density at radius 1 is 1.06 bits per heavy atom. The van der Waals surface area contributed by atoms with Crippen LogP contribution in [-0.4, -0.2) is 24.5 Å². The first-order valence-corrected chi connectivity index (χ1v) is 12.5. The molecule has 1 N–H and O–H groups in total. The number of carbonyl (C=O) groups is 3. The van der Waals surface area contributed by atoms with Crippen molar-refractivity contribution in [2.24, 2.45) is 0 Å². The lowest BCUT2D eigenvalue weighted by Gasteiger charge is -2.28. The number of imide groups is 2. The smallest absolute Gasteiger partial charge is 0.335 e. The van der Waals surface area contributed by atoms with Gasteiger partial charge in [0, 0.05) is 21.5 Å². The maximum Gasteiger partial charge on any atom is 0.335 e. The topological polar surface area (TPSA) is 75.7 Å². The minimum absolute atomic E-state index is 0.174. The predicted molar refractivity (Wildman–Crippen MR) is 144 cm³/mol. The molecule has 0 radical (unpaired) electrons. The van der Waals surface area contributed by atoms with E-state index in [4.69, 9.17) is 16.3 Å². The van der Waals surface area contributed by atoms with E-state index in [9.17, 15) is 14.4 Å². The third-order valence-corrected chi connectivity index (χ3v) is 6.93. The van der Waals surface area contributed by atoms with Gasteiger partial charge >= 0.3 is 6.03 Å². The van der Waals surface area contributed by atoms with E-state index in [1.54, 1.807) is 25.1 Å². The van der Waals surface area contributed by atoms with Gasteiger partial charge in [0.05, 0.1) is 12.3 Å². The summed E-state index contributed by atoms with van der Waals surface area (Å²) in [6, 6.07) is 15.9. The predicted octanol–water partition coefficient (Wildman–Crippen LogP) is 6.38. The second kappa shape index (κ2) is 10.7. The van der Waals surface area contributed by atoms with Gasteiger partial charge in [-0.2, -0.15) is 0 Å². The molecule has 4 rings (SSSR count). The van der Waals surface area contributed by atoms with Gasteiger partial charge in [-0.1, -0.05) is 57.9 Å². The lowest BCUT2D eigenvalue weighted by atomic mass is 10.00. The number of hydrogen-bond donors (Lipinski definition) is 1. The lowest BCUT2D eigenvalue weighted by Crippen LogP contribution is -2.54. The van der Waals surface area contributed by atoms with E-state index in [1.807, 2.05) is 50.2 Å². The van der Waals surface area contributed by atoms with Crippen molar-refractivity contribution < 1.29 is 19.1 Å². The van der Waals surface area contributed by atoms with Crippen molar-refractivity contribution in [2.75, 3.05) is 11.5 Å². The van der Waals surface area contributed by atoms with Crippen LogP contribution in [0.1, 0.15) is 34.7 Å². The Labute approximate surface area is 223 Å². The van der Waals surface area contributed by atoms with Gasteiger partial charge in [0.2, 0.25) is 0 Å². The zero-order valence-electron chi connectivity index (χ0n) is 20.0. The fourth-order valence-electron chi connectivity index (χ4n) is 4.01. The van der Waals surface area contributed by atoms with Gasteiger partial charge in [0.25, 0.3) is 11.8 Å². The summed E-state index contributed by atoms with van der Waals surface area (Å²) in [6.07, 6.45) is 1.96. The second-order valence-corrected chi connectivity index (χ2v) is 9.69. The van der Waals surface area contributed by atoms with E-state index in [0.717, 1.165) is 31.6 Å².